The summed E-state index contributed by atoms with van der Waals surface area (Å²) in [5, 5.41) is 11.6. The average molecular weight is 278 g/mol. The number of rotatable bonds is 7. The van der Waals surface area contributed by atoms with Crippen LogP contribution in [0.4, 0.5) is 5.69 Å². The number of carbonyl (C=O) groups excluding carboxylic acids is 1. The molecule has 0 atom stereocenters. The van der Waals surface area contributed by atoms with Gasteiger partial charge in [-0.25, -0.2) is 0 Å². The predicted molar refractivity (Wildman–Crippen MR) is 78.9 cm³/mol. The molecule has 0 aliphatic rings. The summed E-state index contributed by atoms with van der Waals surface area (Å²) in [7, 11) is 0. The first-order valence-electron chi connectivity index (χ1n) is 6.73. The molecule has 0 fully saturated rings. The van der Waals surface area contributed by atoms with Gasteiger partial charge >= 0.3 is 5.97 Å². The Bertz CT molecular complexity index is 466. The van der Waals surface area contributed by atoms with Crippen molar-refractivity contribution in [2.24, 2.45) is 0 Å². The highest BCUT2D eigenvalue weighted by molar-refractivity contribution is 5.92. The van der Waals surface area contributed by atoms with E-state index < -0.39 is 5.97 Å². The maximum Gasteiger partial charge on any atom is 0.317 e. The third-order valence-corrected chi connectivity index (χ3v) is 2.77. The van der Waals surface area contributed by atoms with Crippen molar-refractivity contribution in [3.63, 3.8) is 0 Å². The lowest BCUT2D eigenvalue weighted by atomic mass is 10.1. The Morgan fingerprint density at radius 1 is 1.15 bits per heavy atom. The maximum absolute atomic E-state index is 12.0. The molecule has 1 aromatic rings. The molecule has 0 unspecified atom stereocenters. The Morgan fingerprint density at radius 3 is 2.25 bits per heavy atom. The highest BCUT2D eigenvalue weighted by Gasteiger charge is 2.13. The quantitative estimate of drug-likeness (QED) is 0.800. The van der Waals surface area contributed by atoms with Crippen molar-refractivity contribution >= 4 is 17.6 Å². The van der Waals surface area contributed by atoms with Gasteiger partial charge in [-0.3, -0.25) is 14.5 Å². The standard InChI is InChI=1S/C15H22N2O3/c1-4-5-17(10-15(19)20)9-14(18)16-13-7-11(2)6-12(3)8-13/h6-8H,4-5,9-10H2,1-3H3,(H,16,18)(H,19,20). The minimum Gasteiger partial charge on any atom is -0.480 e. The van der Waals surface area contributed by atoms with Gasteiger partial charge in [-0.15, -0.1) is 0 Å². The summed E-state index contributed by atoms with van der Waals surface area (Å²) in [6.45, 7) is 6.46. The molecule has 5 nitrogen and oxygen atoms in total. The SMILES string of the molecule is CCCN(CC(=O)O)CC(=O)Nc1cc(C)cc(C)c1. The Hall–Kier alpha value is -1.88. The zero-order valence-electron chi connectivity index (χ0n) is 12.3. The monoisotopic (exact) mass is 278 g/mol. The summed E-state index contributed by atoms with van der Waals surface area (Å²) < 4.78 is 0. The van der Waals surface area contributed by atoms with E-state index in [9.17, 15) is 9.59 Å². The molecule has 0 saturated heterocycles. The number of nitrogens with one attached hydrogen (secondary N) is 1. The average Bonchev–Trinajstić information content (AvgIpc) is 2.26. The van der Waals surface area contributed by atoms with Gasteiger partial charge in [0.2, 0.25) is 5.91 Å². The molecule has 0 aromatic heterocycles. The Kier molecular flexibility index (Phi) is 6.18. The molecule has 20 heavy (non-hydrogen) atoms. The lowest BCUT2D eigenvalue weighted by molar-refractivity contribution is -0.138. The van der Waals surface area contributed by atoms with Crippen molar-refractivity contribution in [1.82, 2.24) is 4.90 Å². The fourth-order valence-electron chi connectivity index (χ4n) is 2.17. The number of aliphatic carboxylic acids is 1. The summed E-state index contributed by atoms with van der Waals surface area (Å²) in [6.07, 6.45) is 0.810. The van der Waals surface area contributed by atoms with Crippen LogP contribution in [-0.2, 0) is 9.59 Å². The summed E-state index contributed by atoms with van der Waals surface area (Å²) in [5.74, 6) is -1.11. The van der Waals surface area contributed by atoms with Crippen LogP contribution >= 0.6 is 0 Å². The van der Waals surface area contributed by atoms with Gasteiger partial charge in [-0.2, -0.15) is 0 Å². The molecule has 0 aliphatic carbocycles. The zero-order valence-corrected chi connectivity index (χ0v) is 12.3. The van der Waals surface area contributed by atoms with Crippen LogP contribution in [-0.4, -0.2) is 41.5 Å². The van der Waals surface area contributed by atoms with E-state index in [-0.39, 0.29) is 19.0 Å². The molecule has 5 heteroatoms. The van der Waals surface area contributed by atoms with Crippen LogP contribution < -0.4 is 5.32 Å². The summed E-state index contributed by atoms with van der Waals surface area (Å²) >= 11 is 0. The van der Waals surface area contributed by atoms with Gasteiger partial charge in [0.05, 0.1) is 13.1 Å². The van der Waals surface area contributed by atoms with E-state index >= 15 is 0 Å². The normalized spacial score (nSPS) is 10.6. The second-order valence-corrected chi connectivity index (χ2v) is 5.03. The van der Waals surface area contributed by atoms with Crippen molar-refractivity contribution in [3.8, 4) is 0 Å². The van der Waals surface area contributed by atoms with Crippen molar-refractivity contribution in [2.45, 2.75) is 27.2 Å². The number of hydrogen-bond donors (Lipinski definition) is 2. The fraction of sp³-hybridized carbons (Fsp3) is 0.467. The number of aryl methyl sites for hydroxylation is 2. The molecule has 1 amide bonds. The molecule has 0 saturated carbocycles. The second kappa shape index (κ2) is 7.65. The number of anilines is 1. The van der Waals surface area contributed by atoms with Gasteiger partial charge in [-0.05, 0) is 50.1 Å². The molecule has 110 valence electrons. The van der Waals surface area contributed by atoms with Gasteiger partial charge in [0.15, 0.2) is 0 Å². The summed E-state index contributed by atoms with van der Waals surface area (Å²) in [6, 6.07) is 5.82. The van der Waals surface area contributed by atoms with E-state index in [4.69, 9.17) is 5.11 Å². The Balaban J connectivity index is 2.62. The van der Waals surface area contributed by atoms with Gasteiger partial charge in [0.1, 0.15) is 0 Å². The van der Waals surface area contributed by atoms with E-state index in [2.05, 4.69) is 5.32 Å². The number of carbonyl (C=O) groups is 2. The molecule has 0 spiro atoms. The molecular formula is C15H22N2O3. The topological polar surface area (TPSA) is 69.6 Å². The zero-order chi connectivity index (χ0) is 15.1. The van der Waals surface area contributed by atoms with Gasteiger partial charge in [-0.1, -0.05) is 13.0 Å². The molecule has 0 bridgehead atoms. The largest absolute Gasteiger partial charge is 0.480 e. The van der Waals surface area contributed by atoms with Gasteiger partial charge < -0.3 is 10.4 Å². The lowest BCUT2D eigenvalue weighted by Gasteiger charge is -2.18. The minimum atomic E-state index is -0.919. The molecule has 2 N–H and O–H groups in total. The van der Waals surface area contributed by atoms with Crippen LogP contribution in [0.5, 0.6) is 0 Å². The Labute approximate surface area is 119 Å². The summed E-state index contributed by atoms with van der Waals surface area (Å²) in [4.78, 5) is 24.3. The molecule has 1 aromatic carbocycles. The number of carboxylic acid groups (broad SMARTS) is 1. The lowest BCUT2D eigenvalue weighted by Crippen LogP contribution is -2.37. The van der Waals surface area contributed by atoms with E-state index in [0.717, 1.165) is 23.2 Å². The number of nitrogens with zero attached hydrogens (tertiary/aromatic N) is 1. The first kappa shape index (κ1) is 16.2. The Morgan fingerprint density at radius 2 is 1.75 bits per heavy atom. The van der Waals surface area contributed by atoms with Crippen molar-refractivity contribution in [3.05, 3.63) is 29.3 Å². The van der Waals surface area contributed by atoms with E-state index in [0.29, 0.717) is 6.54 Å². The third kappa shape index (κ3) is 5.84. The first-order valence-corrected chi connectivity index (χ1v) is 6.73. The van der Waals surface area contributed by atoms with E-state index in [1.54, 1.807) is 4.90 Å². The molecule has 0 aliphatic heterocycles. The molecule has 0 heterocycles. The van der Waals surface area contributed by atoms with Crippen LogP contribution in [0.25, 0.3) is 0 Å². The highest BCUT2D eigenvalue weighted by Crippen LogP contribution is 2.13. The van der Waals surface area contributed by atoms with Crippen molar-refractivity contribution in [2.75, 3.05) is 25.0 Å². The van der Waals surface area contributed by atoms with Crippen LogP contribution in [0.15, 0.2) is 18.2 Å². The summed E-state index contributed by atoms with van der Waals surface area (Å²) in [5.41, 5.74) is 2.91. The smallest absolute Gasteiger partial charge is 0.317 e. The van der Waals surface area contributed by atoms with Crippen LogP contribution in [0.2, 0.25) is 0 Å². The highest BCUT2D eigenvalue weighted by atomic mass is 16.4. The van der Waals surface area contributed by atoms with E-state index in [1.165, 1.54) is 0 Å². The van der Waals surface area contributed by atoms with Crippen molar-refractivity contribution < 1.29 is 14.7 Å². The third-order valence-electron chi connectivity index (χ3n) is 2.77. The van der Waals surface area contributed by atoms with Gasteiger partial charge in [0, 0.05) is 5.69 Å². The molecular weight excluding hydrogens is 256 g/mol. The first-order chi connectivity index (χ1) is 9.40. The van der Waals surface area contributed by atoms with Crippen molar-refractivity contribution in [1.29, 1.82) is 0 Å². The number of hydrogen-bond acceptors (Lipinski definition) is 3. The number of carboxylic acids is 1. The second-order valence-electron chi connectivity index (χ2n) is 5.03. The van der Waals surface area contributed by atoms with Crippen LogP contribution in [0.3, 0.4) is 0 Å². The molecule has 1 rings (SSSR count). The maximum atomic E-state index is 12.0. The van der Waals surface area contributed by atoms with Crippen LogP contribution in [0.1, 0.15) is 24.5 Å². The van der Waals surface area contributed by atoms with Gasteiger partial charge in [0.25, 0.3) is 0 Å². The number of amides is 1. The predicted octanol–water partition coefficient (Wildman–Crippen LogP) is 2.04. The van der Waals surface area contributed by atoms with Crippen LogP contribution in [0, 0.1) is 13.8 Å². The van der Waals surface area contributed by atoms with E-state index in [1.807, 2.05) is 39.0 Å². The minimum absolute atomic E-state index is 0.0904. The molecule has 0 radical (unpaired) electrons. The fourth-order valence-corrected chi connectivity index (χ4v) is 2.17. The number of benzene rings is 1.